The molecule has 11 nitrogen and oxygen atoms in total. The maximum absolute atomic E-state index is 13.5. The largest absolute Gasteiger partial charge is 0.383 e. The van der Waals surface area contributed by atoms with Gasteiger partial charge in [0.1, 0.15) is 29.5 Å². The van der Waals surface area contributed by atoms with Crippen LogP contribution in [0.4, 0.5) is 10.2 Å². The fourth-order valence-electron chi connectivity index (χ4n) is 4.37. The molecular weight excluding hydrogens is 481 g/mol. The third-order valence-electron chi connectivity index (χ3n) is 6.21. The van der Waals surface area contributed by atoms with Crippen LogP contribution < -0.4 is 10.9 Å². The summed E-state index contributed by atoms with van der Waals surface area (Å²) in [6.45, 7) is 3.73. The number of amides is 2. The molecular formula is C25H24FN7O4. The Hall–Kier alpha value is -4.45. The van der Waals surface area contributed by atoms with Crippen molar-refractivity contribution in [1.29, 1.82) is 0 Å². The van der Waals surface area contributed by atoms with Gasteiger partial charge in [0.05, 0.1) is 36.6 Å². The number of carbonyl (C=O) groups is 2. The zero-order valence-electron chi connectivity index (χ0n) is 20.4. The number of nitrogens with zero attached hydrogens (tertiary/aromatic N) is 6. The van der Waals surface area contributed by atoms with Crippen molar-refractivity contribution in [3.05, 3.63) is 75.8 Å². The van der Waals surface area contributed by atoms with E-state index in [4.69, 9.17) is 4.74 Å². The lowest BCUT2D eigenvalue weighted by Crippen LogP contribution is -2.37. The molecule has 0 aliphatic carbocycles. The van der Waals surface area contributed by atoms with E-state index in [-0.39, 0.29) is 54.4 Å². The second kappa shape index (κ2) is 9.54. The van der Waals surface area contributed by atoms with Gasteiger partial charge in [0.2, 0.25) is 5.91 Å². The highest BCUT2D eigenvalue weighted by molar-refractivity contribution is 5.99. The topological polar surface area (TPSA) is 124 Å². The summed E-state index contributed by atoms with van der Waals surface area (Å²) in [7, 11) is 1.53. The van der Waals surface area contributed by atoms with Gasteiger partial charge < -0.3 is 19.5 Å². The molecule has 1 atom stereocenters. The monoisotopic (exact) mass is 505 g/mol. The van der Waals surface area contributed by atoms with Gasteiger partial charge in [0.25, 0.3) is 11.5 Å². The molecule has 5 rings (SSSR count). The number of halogens is 1. The number of nitrogens with one attached hydrogen (secondary N) is 1. The standard InChI is InChI=1S/C25H24FN7O4/c1-14-4-5-16(9-27-14)19-8-22-32(12-21(34)29-20-7-6-17(26)10-28-20)23-18(24(35)33(22)30-19)11-31(25(23)36)15(2)13-37-3/h4-10,15H,11-13H2,1-3H3,(H,28,29,34). The van der Waals surface area contributed by atoms with Crippen molar-refractivity contribution in [1.82, 2.24) is 29.0 Å². The number of ether oxygens (including phenoxy) is 1. The number of carbonyl (C=O) groups excluding carboxylic acids is 2. The highest BCUT2D eigenvalue weighted by Crippen LogP contribution is 2.26. The Morgan fingerprint density at radius 1 is 1.19 bits per heavy atom. The van der Waals surface area contributed by atoms with Crippen molar-refractivity contribution in [2.45, 2.75) is 33.0 Å². The predicted octanol–water partition coefficient (Wildman–Crippen LogP) is 2.03. The normalized spacial score (nSPS) is 13.7. The Bertz CT molecular complexity index is 1560. The first-order valence-electron chi connectivity index (χ1n) is 11.6. The maximum Gasteiger partial charge on any atom is 0.280 e. The highest BCUT2D eigenvalue weighted by Gasteiger charge is 2.37. The SMILES string of the molecule is COCC(C)N1Cc2c(n(CC(=O)Nc3ccc(F)cn3)c3cc(-c4ccc(C)nc4)nn3c2=O)C1=O. The van der Waals surface area contributed by atoms with Crippen molar-refractivity contribution in [2.24, 2.45) is 0 Å². The Morgan fingerprint density at radius 3 is 2.68 bits per heavy atom. The highest BCUT2D eigenvalue weighted by atomic mass is 19.1. The van der Waals surface area contributed by atoms with E-state index in [0.717, 1.165) is 11.9 Å². The van der Waals surface area contributed by atoms with Crippen LogP contribution in [0.5, 0.6) is 0 Å². The molecule has 1 N–H and O–H groups in total. The summed E-state index contributed by atoms with van der Waals surface area (Å²) in [4.78, 5) is 49.7. The Morgan fingerprint density at radius 2 is 2.00 bits per heavy atom. The summed E-state index contributed by atoms with van der Waals surface area (Å²) in [6.07, 6.45) is 2.63. The molecule has 0 spiro atoms. The molecule has 0 saturated carbocycles. The number of hydrogen-bond donors (Lipinski definition) is 1. The molecule has 0 fully saturated rings. The summed E-state index contributed by atoms with van der Waals surface area (Å²) in [5.74, 6) is -1.28. The number of fused-ring (bicyclic) bond motifs is 2. The summed E-state index contributed by atoms with van der Waals surface area (Å²) in [5, 5.41) is 7.09. The first-order chi connectivity index (χ1) is 17.8. The summed E-state index contributed by atoms with van der Waals surface area (Å²) in [6, 6.07) is 7.52. The molecule has 4 aromatic rings. The molecule has 37 heavy (non-hydrogen) atoms. The van der Waals surface area contributed by atoms with Crippen LogP contribution >= 0.6 is 0 Å². The second-order valence-corrected chi connectivity index (χ2v) is 8.85. The molecule has 2 amide bonds. The Kier molecular flexibility index (Phi) is 6.25. The molecule has 1 aliphatic heterocycles. The zero-order valence-corrected chi connectivity index (χ0v) is 20.4. The smallest absolute Gasteiger partial charge is 0.280 e. The number of pyridine rings is 2. The zero-order chi connectivity index (χ0) is 26.3. The molecule has 190 valence electrons. The number of rotatable bonds is 7. The van der Waals surface area contributed by atoms with E-state index in [1.165, 1.54) is 33.2 Å². The van der Waals surface area contributed by atoms with Crippen LogP contribution in [0, 0.1) is 12.7 Å². The molecule has 4 aromatic heterocycles. The number of aromatic nitrogens is 5. The van der Waals surface area contributed by atoms with Gasteiger partial charge in [-0.1, -0.05) is 0 Å². The molecule has 1 unspecified atom stereocenters. The first-order valence-corrected chi connectivity index (χ1v) is 11.6. The fraction of sp³-hybridized carbons (Fsp3) is 0.280. The summed E-state index contributed by atoms with van der Waals surface area (Å²) >= 11 is 0. The minimum absolute atomic E-state index is 0.0654. The Balaban J connectivity index is 1.61. The van der Waals surface area contributed by atoms with E-state index in [1.807, 2.05) is 26.0 Å². The van der Waals surface area contributed by atoms with Crippen LogP contribution in [-0.2, 0) is 22.6 Å². The molecule has 0 saturated heterocycles. The molecule has 0 bridgehead atoms. The lowest BCUT2D eigenvalue weighted by atomic mass is 10.2. The molecule has 0 radical (unpaired) electrons. The molecule has 12 heteroatoms. The van der Waals surface area contributed by atoms with Gasteiger partial charge in [-0.15, -0.1) is 0 Å². The minimum Gasteiger partial charge on any atom is -0.383 e. The van der Waals surface area contributed by atoms with E-state index in [9.17, 15) is 18.8 Å². The molecule has 1 aliphatic rings. The first kappa shape index (κ1) is 24.3. The van der Waals surface area contributed by atoms with E-state index >= 15 is 0 Å². The lowest BCUT2D eigenvalue weighted by Gasteiger charge is -2.23. The second-order valence-electron chi connectivity index (χ2n) is 8.85. The van der Waals surface area contributed by atoms with Gasteiger partial charge in [-0.25, -0.2) is 9.37 Å². The van der Waals surface area contributed by atoms with Crippen LogP contribution in [0.3, 0.4) is 0 Å². The predicted molar refractivity (Wildman–Crippen MR) is 131 cm³/mol. The van der Waals surface area contributed by atoms with Gasteiger partial charge in [-0.2, -0.15) is 9.61 Å². The van der Waals surface area contributed by atoms with Crippen molar-refractivity contribution in [3.8, 4) is 11.3 Å². The van der Waals surface area contributed by atoms with Crippen LogP contribution in [0.1, 0.15) is 28.7 Å². The lowest BCUT2D eigenvalue weighted by molar-refractivity contribution is -0.116. The van der Waals surface area contributed by atoms with Crippen LogP contribution in [0.15, 0.2) is 47.5 Å². The van der Waals surface area contributed by atoms with Crippen LogP contribution in [0.25, 0.3) is 16.9 Å². The molecule has 0 aromatic carbocycles. The third-order valence-corrected chi connectivity index (χ3v) is 6.21. The summed E-state index contributed by atoms with van der Waals surface area (Å²) in [5.41, 5.74) is 2.18. The molecule has 5 heterocycles. The number of anilines is 1. The maximum atomic E-state index is 13.5. The van der Waals surface area contributed by atoms with Crippen LogP contribution in [-0.4, -0.2) is 60.6 Å². The van der Waals surface area contributed by atoms with Gasteiger partial charge in [0.15, 0.2) is 0 Å². The summed E-state index contributed by atoms with van der Waals surface area (Å²) < 4.78 is 21.1. The number of hydrogen-bond acceptors (Lipinski definition) is 7. The number of aryl methyl sites for hydroxylation is 1. The average Bonchev–Trinajstić information content (AvgIpc) is 3.47. The van der Waals surface area contributed by atoms with Gasteiger partial charge in [0, 0.05) is 30.6 Å². The van der Waals surface area contributed by atoms with Gasteiger partial charge in [-0.3, -0.25) is 19.4 Å². The van der Waals surface area contributed by atoms with Crippen molar-refractivity contribution >= 4 is 23.3 Å². The van der Waals surface area contributed by atoms with Crippen LogP contribution in [0.2, 0.25) is 0 Å². The van der Waals surface area contributed by atoms with E-state index in [2.05, 4.69) is 20.4 Å². The quantitative estimate of drug-likeness (QED) is 0.408. The van der Waals surface area contributed by atoms with Gasteiger partial charge in [-0.05, 0) is 38.1 Å². The van der Waals surface area contributed by atoms with E-state index in [1.54, 1.807) is 12.3 Å². The average molecular weight is 506 g/mol. The van der Waals surface area contributed by atoms with Gasteiger partial charge >= 0.3 is 0 Å². The van der Waals surface area contributed by atoms with E-state index < -0.39 is 17.3 Å². The van der Waals surface area contributed by atoms with Crippen molar-refractivity contribution in [2.75, 3.05) is 19.0 Å². The van der Waals surface area contributed by atoms with E-state index in [0.29, 0.717) is 11.3 Å². The third kappa shape index (κ3) is 4.47. The van der Waals surface area contributed by atoms with Crippen molar-refractivity contribution in [3.63, 3.8) is 0 Å². The number of methoxy groups -OCH3 is 1. The Labute approximate surface area is 210 Å². The minimum atomic E-state index is -0.536. The fourth-order valence-corrected chi connectivity index (χ4v) is 4.37. The van der Waals surface area contributed by atoms with Crippen molar-refractivity contribution < 1.29 is 18.7 Å².